The monoisotopic (exact) mass is 410 g/mol. The summed E-state index contributed by atoms with van der Waals surface area (Å²) >= 11 is 0. The average molecular weight is 410 g/mol. The number of hydrogen-bond acceptors (Lipinski definition) is 6. The van der Waals surface area contributed by atoms with Gasteiger partial charge in [0.05, 0.1) is 13.0 Å². The van der Waals surface area contributed by atoms with Gasteiger partial charge in [0.2, 0.25) is 0 Å². The van der Waals surface area contributed by atoms with E-state index in [4.69, 9.17) is 14.0 Å². The van der Waals surface area contributed by atoms with Crippen LogP contribution < -0.4 is 10.1 Å². The fourth-order valence-electron chi connectivity index (χ4n) is 3.08. The number of aromatic nitrogens is 1. The minimum absolute atomic E-state index is 0.0482. The van der Waals surface area contributed by atoms with Crippen LogP contribution in [0.2, 0.25) is 0 Å². The highest BCUT2D eigenvalue weighted by Gasteiger charge is 2.14. The first-order valence-corrected chi connectivity index (χ1v) is 9.90. The first-order valence-electron chi connectivity index (χ1n) is 9.90. The number of carbonyl (C=O) groups excluding carboxylic acids is 2. The van der Waals surface area contributed by atoms with Crippen LogP contribution in [0.15, 0.2) is 40.9 Å². The second-order valence-corrected chi connectivity index (χ2v) is 7.22. The summed E-state index contributed by atoms with van der Waals surface area (Å²) < 4.78 is 16.0. The number of aryl methyl sites for hydroxylation is 2. The molecule has 0 fully saturated rings. The maximum absolute atomic E-state index is 12.0. The Balaban J connectivity index is 1.34. The van der Waals surface area contributed by atoms with E-state index in [2.05, 4.69) is 23.5 Å². The lowest BCUT2D eigenvalue weighted by atomic mass is 10.1. The summed E-state index contributed by atoms with van der Waals surface area (Å²) in [5.74, 6) is -0.0121. The molecule has 1 N–H and O–H groups in total. The number of amides is 1. The summed E-state index contributed by atoms with van der Waals surface area (Å²) in [6.45, 7) is 6.72. The molecule has 158 valence electrons. The van der Waals surface area contributed by atoms with Crippen LogP contribution in [0.4, 0.5) is 0 Å². The molecule has 0 unspecified atom stereocenters. The first-order chi connectivity index (χ1) is 14.4. The summed E-state index contributed by atoms with van der Waals surface area (Å²) in [6.07, 6.45) is 0.602. The molecule has 7 nitrogen and oxygen atoms in total. The maximum Gasteiger partial charge on any atom is 0.312 e. The van der Waals surface area contributed by atoms with Crippen molar-refractivity contribution in [3.05, 3.63) is 58.8 Å². The molecule has 0 atom stereocenters. The molecule has 3 rings (SSSR count). The zero-order valence-electron chi connectivity index (χ0n) is 17.5. The van der Waals surface area contributed by atoms with Gasteiger partial charge in [-0.3, -0.25) is 9.59 Å². The van der Waals surface area contributed by atoms with Gasteiger partial charge in [-0.25, -0.2) is 0 Å². The molecule has 30 heavy (non-hydrogen) atoms. The second kappa shape index (κ2) is 9.91. The SMILES string of the molecule is Cc1cc(C)c(C)c(OCCCNC(=O)COC(=O)Cc2noc3ccccc23)c1. The third-order valence-electron chi connectivity index (χ3n) is 4.79. The number of benzene rings is 2. The molecule has 0 bridgehead atoms. The molecule has 1 aromatic heterocycles. The van der Waals surface area contributed by atoms with Gasteiger partial charge in [-0.1, -0.05) is 23.4 Å². The summed E-state index contributed by atoms with van der Waals surface area (Å²) in [7, 11) is 0. The van der Waals surface area contributed by atoms with Crippen LogP contribution in [0, 0.1) is 20.8 Å². The Morgan fingerprint density at radius 3 is 2.77 bits per heavy atom. The molecule has 0 radical (unpaired) electrons. The van der Waals surface area contributed by atoms with E-state index in [1.54, 1.807) is 6.07 Å². The topological polar surface area (TPSA) is 90.7 Å². The van der Waals surface area contributed by atoms with E-state index in [1.165, 1.54) is 5.56 Å². The maximum atomic E-state index is 12.0. The van der Waals surface area contributed by atoms with Crippen LogP contribution in [0.25, 0.3) is 11.0 Å². The van der Waals surface area contributed by atoms with Gasteiger partial charge in [-0.15, -0.1) is 0 Å². The van der Waals surface area contributed by atoms with Gasteiger partial charge in [0.1, 0.15) is 11.4 Å². The van der Waals surface area contributed by atoms with E-state index in [9.17, 15) is 9.59 Å². The molecule has 0 saturated carbocycles. The van der Waals surface area contributed by atoms with E-state index in [-0.39, 0.29) is 18.9 Å². The highest BCUT2D eigenvalue weighted by molar-refractivity contribution is 5.85. The molecule has 0 saturated heterocycles. The standard InChI is InChI=1S/C23H26N2O5/c1-15-11-16(2)17(3)21(12-15)28-10-6-9-24-22(26)14-29-23(27)13-19-18-7-4-5-8-20(18)30-25-19/h4-5,7-8,11-12H,6,9-10,13-14H2,1-3H3,(H,24,26). The summed E-state index contributed by atoms with van der Waals surface area (Å²) in [6, 6.07) is 11.4. The van der Waals surface area contributed by atoms with Crippen molar-refractivity contribution < 1.29 is 23.6 Å². The van der Waals surface area contributed by atoms with Gasteiger partial charge in [-0.05, 0) is 62.1 Å². The minimum atomic E-state index is -0.530. The second-order valence-electron chi connectivity index (χ2n) is 7.22. The van der Waals surface area contributed by atoms with Crippen molar-refractivity contribution in [3.8, 4) is 5.75 Å². The van der Waals surface area contributed by atoms with Crippen molar-refractivity contribution in [2.24, 2.45) is 0 Å². The third-order valence-corrected chi connectivity index (χ3v) is 4.79. The number of nitrogens with zero attached hydrogens (tertiary/aromatic N) is 1. The van der Waals surface area contributed by atoms with E-state index < -0.39 is 5.97 Å². The lowest BCUT2D eigenvalue weighted by Crippen LogP contribution is -2.30. The fraction of sp³-hybridized carbons (Fsp3) is 0.348. The molecule has 2 aromatic carbocycles. The predicted molar refractivity (Wildman–Crippen MR) is 112 cm³/mol. The lowest BCUT2D eigenvalue weighted by molar-refractivity contribution is -0.147. The Morgan fingerprint density at radius 1 is 1.13 bits per heavy atom. The molecule has 0 spiro atoms. The van der Waals surface area contributed by atoms with Gasteiger partial charge >= 0.3 is 5.97 Å². The normalized spacial score (nSPS) is 10.8. The van der Waals surface area contributed by atoms with Gasteiger partial charge in [0.25, 0.3) is 5.91 Å². The Morgan fingerprint density at radius 2 is 1.93 bits per heavy atom. The Labute approximate surface area is 175 Å². The largest absolute Gasteiger partial charge is 0.493 e. The van der Waals surface area contributed by atoms with Gasteiger partial charge < -0.3 is 19.3 Å². The zero-order valence-corrected chi connectivity index (χ0v) is 17.5. The first kappa shape index (κ1) is 21.4. The van der Waals surface area contributed by atoms with Crippen molar-refractivity contribution in [2.45, 2.75) is 33.6 Å². The molecule has 0 aliphatic heterocycles. The van der Waals surface area contributed by atoms with E-state index in [0.717, 1.165) is 22.3 Å². The van der Waals surface area contributed by atoms with Crippen LogP contribution in [-0.2, 0) is 20.7 Å². The van der Waals surface area contributed by atoms with Crippen molar-refractivity contribution in [1.82, 2.24) is 10.5 Å². The molecule has 0 aliphatic carbocycles. The molecule has 1 heterocycles. The Kier molecular flexibility index (Phi) is 7.06. The Bertz CT molecular complexity index is 1040. The highest BCUT2D eigenvalue weighted by atomic mass is 16.5. The number of carbonyl (C=O) groups is 2. The number of esters is 1. The number of fused-ring (bicyclic) bond motifs is 1. The van der Waals surface area contributed by atoms with Gasteiger partial charge in [0, 0.05) is 11.9 Å². The molecular weight excluding hydrogens is 384 g/mol. The number of ether oxygens (including phenoxy) is 2. The van der Waals surface area contributed by atoms with Crippen molar-refractivity contribution >= 4 is 22.8 Å². The van der Waals surface area contributed by atoms with E-state index >= 15 is 0 Å². The van der Waals surface area contributed by atoms with Crippen LogP contribution >= 0.6 is 0 Å². The highest BCUT2D eigenvalue weighted by Crippen LogP contribution is 2.23. The summed E-state index contributed by atoms with van der Waals surface area (Å²) in [4.78, 5) is 23.9. The van der Waals surface area contributed by atoms with Crippen LogP contribution in [-0.4, -0.2) is 36.8 Å². The van der Waals surface area contributed by atoms with Gasteiger partial charge in [-0.2, -0.15) is 0 Å². The molecule has 0 aliphatic rings. The molecular formula is C23H26N2O5. The van der Waals surface area contributed by atoms with Gasteiger partial charge in [0.15, 0.2) is 12.2 Å². The molecule has 1 amide bonds. The molecule has 3 aromatic rings. The van der Waals surface area contributed by atoms with E-state index in [0.29, 0.717) is 30.8 Å². The summed E-state index contributed by atoms with van der Waals surface area (Å²) in [5, 5.41) is 7.37. The van der Waals surface area contributed by atoms with E-state index in [1.807, 2.05) is 38.1 Å². The number of hydrogen-bond donors (Lipinski definition) is 1. The van der Waals surface area contributed by atoms with Crippen LogP contribution in [0.3, 0.4) is 0 Å². The van der Waals surface area contributed by atoms with Crippen LogP contribution in [0.5, 0.6) is 5.75 Å². The number of para-hydroxylation sites is 1. The van der Waals surface area contributed by atoms with Crippen LogP contribution in [0.1, 0.15) is 28.8 Å². The summed E-state index contributed by atoms with van der Waals surface area (Å²) in [5.41, 5.74) is 4.57. The zero-order chi connectivity index (χ0) is 21.5. The number of nitrogens with one attached hydrogen (secondary N) is 1. The minimum Gasteiger partial charge on any atom is -0.493 e. The van der Waals surface area contributed by atoms with Crippen molar-refractivity contribution in [2.75, 3.05) is 19.8 Å². The third kappa shape index (κ3) is 5.59. The quantitative estimate of drug-likeness (QED) is 0.429. The van der Waals surface area contributed by atoms with Crippen molar-refractivity contribution in [3.63, 3.8) is 0 Å². The van der Waals surface area contributed by atoms with Crippen molar-refractivity contribution in [1.29, 1.82) is 0 Å². The fourth-order valence-corrected chi connectivity index (χ4v) is 3.08. The average Bonchev–Trinajstić information content (AvgIpc) is 3.12. The predicted octanol–water partition coefficient (Wildman–Crippen LogP) is 3.42. The lowest BCUT2D eigenvalue weighted by Gasteiger charge is -2.12. The smallest absolute Gasteiger partial charge is 0.312 e. The molecule has 7 heteroatoms. The Hall–Kier alpha value is -3.35. The number of rotatable bonds is 9.